The number of rotatable bonds is 6. The van der Waals surface area contributed by atoms with Crippen LogP contribution in [0.3, 0.4) is 0 Å². The molecule has 2 rings (SSSR count). The Morgan fingerprint density at radius 3 is 3.05 bits per heavy atom. The van der Waals surface area contributed by atoms with E-state index in [1.54, 1.807) is 0 Å². The minimum Gasteiger partial charge on any atom is -0.465 e. The Labute approximate surface area is 117 Å². The van der Waals surface area contributed by atoms with Gasteiger partial charge in [0.05, 0.1) is 6.54 Å². The first-order chi connectivity index (χ1) is 9.19. The molecule has 0 aliphatic carbocycles. The highest BCUT2D eigenvalue weighted by Crippen LogP contribution is 2.20. The molecule has 0 bridgehead atoms. The van der Waals surface area contributed by atoms with E-state index in [4.69, 9.17) is 4.42 Å². The van der Waals surface area contributed by atoms with E-state index in [1.807, 2.05) is 0 Å². The molecular formula is C16H28N2O. The molecule has 1 aliphatic heterocycles. The van der Waals surface area contributed by atoms with Gasteiger partial charge >= 0.3 is 0 Å². The molecule has 0 radical (unpaired) electrons. The highest BCUT2D eigenvalue weighted by molar-refractivity contribution is 5.20. The van der Waals surface area contributed by atoms with Gasteiger partial charge in [0, 0.05) is 18.7 Å². The molecule has 0 amide bonds. The van der Waals surface area contributed by atoms with Crippen molar-refractivity contribution in [2.24, 2.45) is 5.92 Å². The van der Waals surface area contributed by atoms with Gasteiger partial charge in [-0.2, -0.15) is 0 Å². The summed E-state index contributed by atoms with van der Waals surface area (Å²) in [6.07, 6.45) is 3.88. The molecule has 3 nitrogen and oxygen atoms in total. The molecule has 1 aliphatic rings. The average Bonchev–Trinajstić information content (AvgIpc) is 2.70. The van der Waals surface area contributed by atoms with Crippen molar-refractivity contribution in [3.05, 3.63) is 23.2 Å². The van der Waals surface area contributed by atoms with Gasteiger partial charge in [0.1, 0.15) is 11.5 Å². The van der Waals surface area contributed by atoms with E-state index in [-0.39, 0.29) is 0 Å². The summed E-state index contributed by atoms with van der Waals surface area (Å²) < 4.78 is 5.90. The van der Waals surface area contributed by atoms with Gasteiger partial charge in [-0.05, 0) is 51.3 Å². The first kappa shape index (κ1) is 14.6. The average molecular weight is 264 g/mol. The number of piperidine rings is 1. The molecule has 2 heterocycles. The highest BCUT2D eigenvalue weighted by atomic mass is 16.3. The van der Waals surface area contributed by atoms with E-state index in [0.717, 1.165) is 37.1 Å². The van der Waals surface area contributed by atoms with Gasteiger partial charge < -0.3 is 9.73 Å². The standard InChI is InChI=1S/C16H28N2O/c1-4-7-17-10-15-9-16(19-14(15)3)12-18-8-5-6-13(2)11-18/h9,13,17H,4-8,10-12H2,1-3H3. The lowest BCUT2D eigenvalue weighted by Crippen LogP contribution is -2.33. The predicted octanol–water partition coefficient (Wildman–Crippen LogP) is 3.32. The van der Waals surface area contributed by atoms with E-state index in [0.29, 0.717) is 0 Å². The maximum absolute atomic E-state index is 5.90. The zero-order valence-electron chi connectivity index (χ0n) is 12.7. The number of nitrogens with one attached hydrogen (secondary N) is 1. The van der Waals surface area contributed by atoms with Crippen molar-refractivity contribution in [3.8, 4) is 0 Å². The van der Waals surface area contributed by atoms with Crippen LogP contribution in [0.25, 0.3) is 0 Å². The van der Waals surface area contributed by atoms with Crippen LogP contribution in [-0.2, 0) is 13.1 Å². The van der Waals surface area contributed by atoms with Crippen LogP contribution >= 0.6 is 0 Å². The zero-order chi connectivity index (χ0) is 13.7. The summed E-state index contributed by atoms with van der Waals surface area (Å²) in [6.45, 7) is 12.0. The molecule has 19 heavy (non-hydrogen) atoms. The van der Waals surface area contributed by atoms with Crippen LogP contribution in [0.2, 0.25) is 0 Å². The molecule has 108 valence electrons. The largest absolute Gasteiger partial charge is 0.465 e. The molecule has 1 aromatic rings. The van der Waals surface area contributed by atoms with Gasteiger partial charge in [-0.15, -0.1) is 0 Å². The number of nitrogens with zero attached hydrogens (tertiary/aromatic N) is 1. The molecule has 1 fully saturated rings. The maximum Gasteiger partial charge on any atom is 0.118 e. The molecule has 1 atom stereocenters. The van der Waals surface area contributed by atoms with Crippen LogP contribution in [0.5, 0.6) is 0 Å². The second-order valence-electron chi connectivity index (χ2n) is 5.95. The lowest BCUT2D eigenvalue weighted by molar-refractivity contribution is 0.165. The van der Waals surface area contributed by atoms with Gasteiger partial charge in [-0.1, -0.05) is 13.8 Å². The van der Waals surface area contributed by atoms with E-state index in [9.17, 15) is 0 Å². The summed E-state index contributed by atoms with van der Waals surface area (Å²) in [7, 11) is 0. The minimum atomic E-state index is 0.829. The molecule has 0 saturated carbocycles. The lowest BCUT2D eigenvalue weighted by Gasteiger charge is -2.29. The Bertz CT molecular complexity index is 386. The minimum absolute atomic E-state index is 0.829. The Hall–Kier alpha value is -0.800. The number of aryl methyl sites for hydroxylation is 1. The smallest absolute Gasteiger partial charge is 0.118 e. The molecule has 3 heteroatoms. The van der Waals surface area contributed by atoms with Crippen molar-refractivity contribution in [1.29, 1.82) is 0 Å². The van der Waals surface area contributed by atoms with E-state index < -0.39 is 0 Å². The van der Waals surface area contributed by atoms with Crippen LogP contribution in [0.4, 0.5) is 0 Å². The molecule has 0 spiro atoms. The lowest BCUT2D eigenvalue weighted by atomic mass is 10.0. The van der Waals surface area contributed by atoms with E-state index >= 15 is 0 Å². The molecule has 1 N–H and O–H groups in total. The van der Waals surface area contributed by atoms with Crippen LogP contribution in [0.1, 0.15) is 50.2 Å². The van der Waals surface area contributed by atoms with Crippen LogP contribution in [0, 0.1) is 12.8 Å². The van der Waals surface area contributed by atoms with E-state index in [2.05, 4.69) is 37.1 Å². The Morgan fingerprint density at radius 1 is 1.47 bits per heavy atom. The van der Waals surface area contributed by atoms with Crippen molar-refractivity contribution in [2.45, 2.75) is 53.1 Å². The van der Waals surface area contributed by atoms with Gasteiger partial charge in [-0.3, -0.25) is 4.90 Å². The summed E-state index contributed by atoms with van der Waals surface area (Å²) in [5.74, 6) is 3.03. The topological polar surface area (TPSA) is 28.4 Å². The van der Waals surface area contributed by atoms with Gasteiger partial charge in [0.2, 0.25) is 0 Å². The van der Waals surface area contributed by atoms with Crippen LogP contribution < -0.4 is 5.32 Å². The van der Waals surface area contributed by atoms with E-state index in [1.165, 1.54) is 37.9 Å². The van der Waals surface area contributed by atoms with Crippen molar-refractivity contribution in [1.82, 2.24) is 10.2 Å². The van der Waals surface area contributed by atoms with Gasteiger partial charge in [0.15, 0.2) is 0 Å². The van der Waals surface area contributed by atoms with Crippen LogP contribution in [-0.4, -0.2) is 24.5 Å². The molecule has 1 unspecified atom stereocenters. The van der Waals surface area contributed by atoms with Crippen molar-refractivity contribution in [3.63, 3.8) is 0 Å². The Kier molecular flexibility index (Phi) is 5.46. The SMILES string of the molecule is CCCNCc1cc(CN2CCCC(C)C2)oc1C. The fourth-order valence-corrected chi connectivity index (χ4v) is 2.89. The Balaban J connectivity index is 1.88. The number of furan rings is 1. The molecule has 0 aromatic carbocycles. The van der Waals surface area contributed by atoms with Crippen molar-refractivity contribution < 1.29 is 4.42 Å². The summed E-state index contributed by atoms with van der Waals surface area (Å²) >= 11 is 0. The van der Waals surface area contributed by atoms with Crippen molar-refractivity contribution in [2.75, 3.05) is 19.6 Å². The van der Waals surface area contributed by atoms with Gasteiger partial charge in [0.25, 0.3) is 0 Å². The second kappa shape index (κ2) is 7.11. The maximum atomic E-state index is 5.90. The highest BCUT2D eigenvalue weighted by Gasteiger charge is 2.18. The first-order valence-corrected chi connectivity index (χ1v) is 7.70. The fourth-order valence-electron chi connectivity index (χ4n) is 2.89. The summed E-state index contributed by atoms with van der Waals surface area (Å²) in [6, 6.07) is 2.23. The second-order valence-corrected chi connectivity index (χ2v) is 5.95. The van der Waals surface area contributed by atoms with Crippen molar-refractivity contribution >= 4 is 0 Å². The third kappa shape index (κ3) is 4.36. The third-order valence-electron chi connectivity index (χ3n) is 3.93. The third-order valence-corrected chi connectivity index (χ3v) is 3.93. The quantitative estimate of drug-likeness (QED) is 0.799. The number of hydrogen-bond acceptors (Lipinski definition) is 3. The monoisotopic (exact) mass is 264 g/mol. The summed E-state index contributed by atoms with van der Waals surface area (Å²) in [5.41, 5.74) is 1.31. The first-order valence-electron chi connectivity index (χ1n) is 7.70. The van der Waals surface area contributed by atoms with Gasteiger partial charge in [-0.25, -0.2) is 0 Å². The summed E-state index contributed by atoms with van der Waals surface area (Å²) in [4.78, 5) is 2.52. The molecule has 1 aromatic heterocycles. The predicted molar refractivity (Wildman–Crippen MR) is 79.1 cm³/mol. The fraction of sp³-hybridized carbons (Fsp3) is 0.750. The molecular weight excluding hydrogens is 236 g/mol. The number of hydrogen-bond donors (Lipinski definition) is 1. The summed E-state index contributed by atoms with van der Waals surface area (Å²) in [5, 5.41) is 3.44. The molecule has 1 saturated heterocycles. The van der Waals surface area contributed by atoms with Crippen LogP contribution in [0.15, 0.2) is 10.5 Å². The number of likely N-dealkylation sites (tertiary alicyclic amines) is 1. The Morgan fingerprint density at radius 2 is 2.32 bits per heavy atom. The zero-order valence-corrected chi connectivity index (χ0v) is 12.7. The normalized spacial score (nSPS) is 20.9.